The van der Waals surface area contributed by atoms with E-state index in [9.17, 15) is 9.59 Å². The summed E-state index contributed by atoms with van der Waals surface area (Å²) in [5.74, 6) is 0.886. The van der Waals surface area contributed by atoms with Crippen LogP contribution >= 0.6 is 0 Å². The van der Waals surface area contributed by atoms with Gasteiger partial charge in [-0.15, -0.1) is 5.10 Å². The zero-order valence-electron chi connectivity index (χ0n) is 20.8. The lowest BCUT2D eigenvalue weighted by molar-refractivity contribution is -0.143. The molecule has 0 aliphatic rings. The van der Waals surface area contributed by atoms with Crippen LogP contribution in [0.2, 0.25) is 0 Å². The molecule has 2 heterocycles. The summed E-state index contributed by atoms with van der Waals surface area (Å²) in [6.45, 7) is 4.78. The summed E-state index contributed by atoms with van der Waals surface area (Å²) >= 11 is 0. The lowest BCUT2D eigenvalue weighted by atomic mass is 10.1. The summed E-state index contributed by atoms with van der Waals surface area (Å²) in [6, 6.07) is 17.3. The van der Waals surface area contributed by atoms with E-state index in [0.717, 1.165) is 17.5 Å². The van der Waals surface area contributed by atoms with Gasteiger partial charge >= 0.3 is 0 Å². The third-order valence-corrected chi connectivity index (χ3v) is 5.91. The van der Waals surface area contributed by atoms with Crippen molar-refractivity contribution in [3.05, 3.63) is 78.3 Å². The van der Waals surface area contributed by atoms with Gasteiger partial charge in [-0.05, 0) is 54.3 Å². The summed E-state index contributed by atoms with van der Waals surface area (Å²) in [7, 11) is 1.59. The van der Waals surface area contributed by atoms with Crippen molar-refractivity contribution in [2.75, 3.05) is 13.7 Å². The average Bonchev–Trinajstić information content (AvgIpc) is 3.54. The molecule has 0 aliphatic heterocycles. The zero-order valence-corrected chi connectivity index (χ0v) is 20.8. The van der Waals surface area contributed by atoms with Crippen molar-refractivity contribution in [2.24, 2.45) is 5.92 Å². The van der Waals surface area contributed by atoms with E-state index in [2.05, 4.69) is 29.5 Å². The van der Waals surface area contributed by atoms with Crippen LogP contribution in [0.1, 0.15) is 37.6 Å². The van der Waals surface area contributed by atoms with E-state index in [4.69, 9.17) is 9.15 Å². The number of hydrogen-bond acceptors (Lipinski definition) is 6. The monoisotopic (exact) mass is 489 g/mol. The number of furan rings is 1. The lowest BCUT2D eigenvalue weighted by Crippen LogP contribution is -2.44. The summed E-state index contributed by atoms with van der Waals surface area (Å²) in [5.41, 5.74) is 2.25. The van der Waals surface area contributed by atoms with E-state index in [0.29, 0.717) is 29.5 Å². The van der Waals surface area contributed by atoms with E-state index >= 15 is 0 Å². The Morgan fingerprint density at radius 2 is 1.94 bits per heavy atom. The van der Waals surface area contributed by atoms with Gasteiger partial charge in [0.25, 0.3) is 5.91 Å². The fraction of sp³-hybridized carbons (Fsp3) is 0.333. The van der Waals surface area contributed by atoms with E-state index in [1.54, 1.807) is 23.9 Å². The number of rotatable bonds is 11. The molecule has 0 saturated heterocycles. The Labute approximate surface area is 210 Å². The van der Waals surface area contributed by atoms with Crippen molar-refractivity contribution in [1.82, 2.24) is 25.2 Å². The number of aromatic nitrogens is 3. The predicted octanol–water partition coefficient (Wildman–Crippen LogP) is 3.97. The Morgan fingerprint density at radius 3 is 2.69 bits per heavy atom. The average molecular weight is 490 g/mol. The maximum absolute atomic E-state index is 13.8. The van der Waals surface area contributed by atoms with E-state index in [1.165, 1.54) is 11.2 Å². The highest BCUT2D eigenvalue weighted by molar-refractivity contribution is 5.88. The van der Waals surface area contributed by atoms with Gasteiger partial charge in [0.2, 0.25) is 5.91 Å². The van der Waals surface area contributed by atoms with Crippen molar-refractivity contribution in [3.8, 4) is 5.75 Å². The second-order valence-corrected chi connectivity index (χ2v) is 9.00. The van der Waals surface area contributed by atoms with Gasteiger partial charge in [0.1, 0.15) is 23.6 Å². The molecule has 0 bridgehead atoms. The number of benzene rings is 2. The van der Waals surface area contributed by atoms with Gasteiger partial charge in [0, 0.05) is 13.1 Å². The largest absolute Gasteiger partial charge is 0.497 e. The van der Waals surface area contributed by atoms with Crippen LogP contribution in [-0.2, 0) is 22.7 Å². The van der Waals surface area contributed by atoms with E-state index in [1.807, 2.05) is 48.5 Å². The molecule has 0 radical (unpaired) electrons. The number of fused-ring (bicyclic) bond motifs is 1. The molecule has 2 aromatic heterocycles. The number of hydrogen-bond donors (Lipinski definition) is 1. The Hall–Kier alpha value is -4.14. The van der Waals surface area contributed by atoms with Crippen molar-refractivity contribution >= 4 is 22.8 Å². The second kappa shape index (κ2) is 11.5. The van der Waals surface area contributed by atoms with Crippen molar-refractivity contribution in [1.29, 1.82) is 0 Å². The molecule has 0 spiro atoms. The number of ether oxygens (including phenoxy) is 1. The number of nitrogens with one attached hydrogen (secondary N) is 1. The molecule has 0 saturated carbocycles. The normalized spacial score (nSPS) is 12.0. The number of methoxy groups -OCH3 is 1. The summed E-state index contributed by atoms with van der Waals surface area (Å²) in [4.78, 5) is 28.8. The van der Waals surface area contributed by atoms with Crippen LogP contribution in [0.25, 0.3) is 11.0 Å². The number of nitrogens with zero attached hydrogens (tertiary/aromatic N) is 4. The Kier molecular flexibility index (Phi) is 7.99. The van der Waals surface area contributed by atoms with Crippen molar-refractivity contribution in [2.45, 2.75) is 39.4 Å². The first kappa shape index (κ1) is 25.0. The lowest BCUT2D eigenvalue weighted by Gasteiger charge is -2.30. The van der Waals surface area contributed by atoms with Crippen LogP contribution in [0.5, 0.6) is 5.75 Å². The summed E-state index contributed by atoms with van der Waals surface area (Å²) in [6.07, 6.45) is 2.33. The number of para-hydroxylation sites is 1. The highest BCUT2D eigenvalue weighted by atomic mass is 16.5. The Bertz CT molecular complexity index is 1300. The Balaban J connectivity index is 1.68. The first-order chi connectivity index (χ1) is 17.5. The number of carbonyl (C=O) groups excluding carboxylic acids is 2. The smallest absolute Gasteiger partial charge is 0.250 e. The highest BCUT2D eigenvalue weighted by Gasteiger charge is 2.34. The van der Waals surface area contributed by atoms with Gasteiger partial charge in [-0.1, -0.05) is 43.3 Å². The maximum atomic E-state index is 13.8. The van der Waals surface area contributed by atoms with Gasteiger partial charge in [-0.25, -0.2) is 4.68 Å². The molecule has 36 heavy (non-hydrogen) atoms. The predicted molar refractivity (Wildman–Crippen MR) is 135 cm³/mol. The minimum absolute atomic E-state index is 0.0824. The van der Waals surface area contributed by atoms with Crippen LogP contribution in [-0.4, -0.2) is 45.4 Å². The highest BCUT2D eigenvalue weighted by Crippen LogP contribution is 2.26. The molecule has 0 fully saturated rings. The topological polar surface area (TPSA) is 102 Å². The molecule has 0 aliphatic carbocycles. The molecule has 4 rings (SSSR count). The van der Waals surface area contributed by atoms with Gasteiger partial charge in [-0.3, -0.25) is 9.59 Å². The van der Waals surface area contributed by atoms with E-state index in [-0.39, 0.29) is 24.9 Å². The van der Waals surface area contributed by atoms with Gasteiger partial charge in [0.15, 0.2) is 6.04 Å². The molecular formula is C27H31N5O4. The third kappa shape index (κ3) is 5.91. The molecule has 1 N–H and O–H groups in total. The molecule has 188 valence electrons. The third-order valence-electron chi connectivity index (χ3n) is 5.91. The quantitative estimate of drug-likeness (QED) is 0.342. The second-order valence-electron chi connectivity index (χ2n) is 9.00. The fourth-order valence-electron chi connectivity index (χ4n) is 4.00. The number of amides is 2. The zero-order chi connectivity index (χ0) is 25.5. The molecule has 9 heteroatoms. The molecule has 9 nitrogen and oxygen atoms in total. The fourth-order valence-corrected chi connectivity index (χ4v) is 4.00. The van der Waals surface area contributed by atoms with Gasteiger partial charge < -0.3 is 19.4 Å². The Morgan fingerprint density at radius 1 is 1.11 bits per heavy atom. The van der Waals surface area contributed by atoms with Crippen LogP contribution in [0.4, 0.5) is 0 Å². The first-order valence-electron chi connectivity index (χ1n) is 12.0. The van der Waals surface area contributed by atoms with Crippen LogP contribution in [0, 0.1) is 5.92 Å². The standard InChI is InChI=1S/C27H31N5O4/c1-19(2)13-14-28-27(34)26(24-12-7-15-36-24)31(17-20-8-6-9-21(16-20)35-3)25(33)18-32-23-11-5-4-10-22(23)29-30-32/h4-12,15-16,19,26H,13-14,17-18H2,1-3H3,(H,28,34). The van der Waals surface area contributed by atoms with E-state index < -0.39 is 6.04 Å². The minimum Gasteiger partial charge on any atom is -0.497 e. The molecule has 4 aromatic rings. The van der Waals surface area contributed by atoms with Crippen LogP contribution < -0.4 is 10.1 Å². The van der Waals surface area contributed by atoms with Gasteiger partial charge in [0.05, 0.1) is 18.9 Å². The van der Waals surface area contributed by atoms with Crippen LogP contribution in [0.3, 0.4) is 0 Å². The van der Waals surface area contributed by atoms with Gasteiger partial charge in [-0.2, -0.15) is 0 Å². The molecule has 1 atom stereocenters. The van der Waals surface area contributed by atoms with Crippen molar-refractivity contribution in [3.63, 3.8) is 0 Å². The molecule has 1 unspecified atom stereocenters. The molecule has 2 amide bonds. The molecule has 2 aromatic carbocycles. The summed E-state index contributed by atoms with van der Waals surface area (Å²) < 4.78 is 12.6. The van der Waals surface area contributed by atoms with Crippen LogP contribution in [0.15, 0.2) is 71.3 Å². The summed E-state index contributed by atoms with van der Waals surface area (Å²) in [5, 5.41) is 11.3. The maximum Gasteiger partial charge on any atom is 0.250 e. The number of carbonyl (C=O) groups is 2. The van der Waals surface area contributed by atoms with Crippen molar-refractivity contribution < 1.29 is 18.7 Å². The minimum atomic E-state index is -0.958. The molecular weight excluding hydrogens is 458 g/mol. The SMILES string of the molecule is COc1cccc(CN(C(=O)Cn2nnc3ccccc32)C(C(=O)NCCC(C)C)c2ccco2)c1. The first-order valence-corrected chi connectivity index (χ1v) is 12.0.